The number of likely N-dealkylation sites (tertiary alicyclic amines) is 1. The van der Waals surface area contributed by atoms with E-state index in [1.165, 1.54) is 5.57 Å². The molecule has 0 amide bonds. The van der Waals surface area contributed by atoms with Gasteiger partial charge in [-0.3, -0.25) is 4.90 Å². The first kappa shape index (κ1) is 12.7. The fraction of sp³-hybridized carbons (Fsp3) is 0.833. The molecule has 88 valence electrons. The fourth-order valence-corrected chi connectivity index (χ4v) is 1.93. The van der Waals surface area contributed by atoms with E-state index in [9.17, 15) is 0 Å². The van der Waals surface area contributed by atoms with E-state index in [2.05, 4.69) is 18.4 Å². The van der Waals surface area contributed by atoms with Gasteiger partial charge >= 0.3 is 0 Å². The lowest BCUT2D eigenvalue weighted by Gasteiger charge is -2.31. The predicted octanol–water partition coefficient (Wildman–Crippen LogP) is 1.43. The van der Waals surface area contributed by atoms with Crippen LogP contribution in [0.3, 0.4) is 0 Å². The Labute approximate surface area is 92.7 Å². The fourth-order valence-electron chi connectivity index (χ4n) is 1.93. The molecule has 0 aromatic carbocycles. The number of rotatable bonds is 6. The topological polar surface area (TPSA) is 32.7 Å². The summed E-state index contributed by atoms with van der Waals surface area (Å²) >= 11 is 0. The molecule has 1 fully saturated rings. The van der Waals surface area contributed by atoms with Gasteiger partial charge in [0.05, 0.1) is 6.10 Å². The van der Waals surface area contributed by atoms with E-state index >= 15 is 0 Å². The summed E-state index contributed by atoms with van der Waals surface area (Å²) < 4.78 is 5.67. The first-order valence-corrected chi connectivity index (χ1v) is 5.81. The highest BCUT2D eigenvalue weighted by Crippen LogP contribution is 2.14. The predicted molar refractivity (Wildman–Crippen MR) is 61.9 cm³/mol. The van der Waals surface area contributed by atoms with Crippen LogP contribution >= 0.6 is 0 Å². The van der Waals surface area contributed by atoms with Gasteiger partial charge in [0, 0.05) is 32.8 Å². The summed E-state index contributed by atoms with van der Waals surface area (Å²) in [7, 11) is 0. The minimum Gasteiger partial charge on any atom is -0.396 e. The molecule has 0 bridgehead atoms. The highest BCUT2D eigenvalue weighted by atomic mass is 16.5. The first-order chi connectivity index (χ1) is 7.22. The molecule has 0 aromatic rings. The third-order valence-electron chi connectivity index (χ3n) is 2.68. The lowest BCUT2D eigenvalue weighted by molar-refractivity contribution is 0.00397. The number of ether oxygens (including phenoxy) is 1. The monoisotopic (exact) mass is 213 g/mol. The van der Waals surface area contributed by atoms with Crippen LogP contribution in [0, 0.1) is 0 Å². The van der Waals surface area contributed by atoms with Crippen molar-refractivity contribution in [1.82, 2.24) is 4.90 Å². The highest BCUT2D eigenvalue weighted by Gasteiger charge is 2.18. The molecule has 3 heteroatoms. The van der Waals surface area contributed by atoms with Crippen LogP contribution in [0.2, 0.25) is 0 Å². The van der Waals surface area contributed by atoms with Crippen molar-refractivity contribution in [2.45, 2.75) is 32.3 Å². The van der Waals surface area contributed by atoms with Crippen molar-refractivity contribution in [3.8, 4) is 0 Å². The molecule has 1 aliphatic rings. The SMILES string of the molecule is C=C(C)CN1CCC(OCCCO)CC1. The lowest BCUT2D eigenvalue weighted by atomic mass is 10.1. The number of piperidine rings is 1. The van der Waals surface area contributed by atoms with E-state index in [-0.39, 0.29) is 6.61 Å². The minimum atomic E-state index is 0.231. The Morgan fingerprint density at radius 3 is 2.67 bits per heavy atom. The number of hydrogen-bond acceptors (Lipinski definition) is 3. The van der Waals surface area contributed by atoms with Gasteiger partial charge in [0.25, 0.3) is 0 Å². The standard InChI is InChI=1S/C12H23NO2/c1-11(2)10-13-6-4-12(5-7-13)15-9-3-8-14/h12,14H,1,3-10H2,2H3. The van der Waals surface area contributed by atoms with Crippen LogP contribution in [-0.2, 0) is 4.74 Å². The van der Waals surface area contributed by atoms with E-state index in [4.69, 9.17) is 9.84 Å². The van der Waals surface area contributed by atoms with Gasteiger partial charge in [-0.1, -0.05) is 12.2 Å². The van der Waals surface area contributed by atoms with E-state index in [0.717, 1.165) is 38.9 Å². The molecule has 0 atom stereocenters. The van der Waals surface area contributed by atoms with Gasteiger partial charge in [0.1, 0.15) is 0 Å². The Hall–Kier alpha value is -0.380. The maximum Gasteiger partial charge on any atom is 0.0599 e. The Balaban J connectivity index is 2.10. The molecular weight excluding hydrogens is 190 g/mol. The molecule has 1 N–H and O–H groups in total. The molecule has 0 aliphatic carbocycles. The number of nitrogens with zero attached hydrogens (tertiary/aromatic N) is 1. The molecule has 0 aromatic heterocycles. The third-order valence-corrected chi connectivity index (χ3v) is 2.68. The summed E-state index contributed by atoms with van der Waals surface area (Å²) in [6, 6.07) is 0. The number of aliphatic hydroxyl groups excluding tert-OH is 1. The van der Waals surface area contributed by atoms with Crippen molar-refractivity contribution in [2.24, 2.45) is 0 Å². The molecule has 3 nitrogen and oxygen atoms in total. The zero-order valence-electron chi connectivity index (χ0n) is 9.74. The third kappa shape index (κ3) is 5.30. The molecule has 1 saturated heterocycles. The van der Waals surface area contributed by atoms with Gasteiger partial charge in [0.2, 0.25) is 0 Å². The van der Waals surface area contributed by atoms with Crippen LogP contribution in [0.25, 0.3) is 0 Å². The minimum absolute atomic E-state index is 0.231. The molecule has 0 radical (unpaired) electrons. The van der Waals surface area contributed by atoms with Crippen molar-refractivity contribution >= 4 is 0 Å². The van der Waals surface area contributed by atoms with Crippen LogP contribution in [0.5, 0.6) is 0 Å². The van der Waals surface area contributed by atoms with Crippen molar-refractivity contribution in [3.05, 3.63) is 12.2 Å². The molecule has 0 unspecified atom stereocenters. The quantitative estimate of drug-likeness (QED) is 0.535. The van der Waals surface area contributed by atoms with E-state index in [0.29, 0.717) is 12.7 Å². The van der Waals surface area contributed by atoms with Crippen LogP contribution in [0.15, 0.2) is 12.2 Å². The Bertz CT molecular complexity index is 186. The molecule has 0 saturated carbocycles. The Kier molecular flexibility index (Phi) is 5.91. The Morgan fingerprint density at radius 2 is 2.13 bits per heavy atom. The second-order valence-electron chi connectivity index (χ2n) is 4.38. The summed E-state index contributed by atoms with van der Waals surface area (Å²) in [5, 5.41) is 8.64. The van der Waals surface area contributed by atoms with Gasteiger partial charge in [-0.2, -0.15) is 0 Å². The van der Waals surface area contributed by atoms with Gasteiger partial charge in [0.15, 0.2) is 0 Å². The largest absolute Gasteiger partial charge is 0.396 e. The van der Waals surface area contributed by atoms with Crippen LogP contribution in [0.1, 0.15) is 26.2 Å². The highest BCUT2D eigenvalue weighted by molar-refractivity contribution is 4.92. The summed E-state index contributed by atoms with van der Waals surface area (Å²) in [4.78, 5) is 2.42. The summed E-state index contributed by atoms with van der Waals surface area (Å²) in [6.07, 6.45) is 3.38. The second kappa shape index (κ2) is 6.99. The van der Waals surface area contributed by atoms with Gasteiger partial charge in [-0.25, -0.2) is 0 Å². The maximum atomic E-state index is 8.64. The van der Waals surface area contributed by atoms with Crippen LogP contribution in [-0.4, -0.2) is 49.0 Å². The average molecular weight is 213 g/mol. The number of hydrogen-bond donors (Lipinski definition) is 1. The van der Waals surface area contributed by atoms with Gasteiger partial charge < -0.3 is 9.84 Å². The maximum absolute atomic E-state index is 8.64. The van der Waals surface area contributed by atoms with Crippen molar-refractivity contribution < 1.29 is 9.84 Å². The summed E-state index contributed by atoms with van der Waals surface area (Å²) in [5.74, 6) is 0. The van der Waals surface area contributed by atoms with Gasteiger partial charge in [-0.05, 0) is 26.2 Å². The van der Waals surface area contributed by atoms with Crippen molar-refractivity contribution in [2.75, 3.05) is 32.8 Å². The van der Waals surface area contributed by atoms with Crippen LogP contribution < -0.4 is 0 Å². The van der Waals surface area contributed by atoms with Crippen molar-refractivity contribution in [1.29, 1.82) is 0 Å². The van der Waals surface area contributed by atoms with Crippen LogP contribution in [0.4, 0.5) is 0 Å². The van der Waals surface area contributed by atoms with Crippen molar-refractivity contribution in [3.63, 3.8) is 0 Å². The number of aliphatic hydroxyl groups is 1. The molecule has 0 spiro atoms. The smallest absolute Gasteiger partial charge is 0.0599 e. The molecular formula is C12H23NO2. The normalized spacial score (nSPS) is 19.3. The summed E-state index contributed by atoms with van der Waals surface area (Å²) in [6.45, 7) is 10.2. The molecule has 15 heavy (non-hydrogen) atoms. The second-order valence-corrected chi connectivity index (χ2v) is 4.38. The molecule has 1 aliphatic heterocycles. The van der Waals surface area contributed by atoms with Gasteiger partial charge in [-0.15, -0.1) is 0 Å². The first-order valence-electron chi connectivity index (χ1n) is 5.81. The lowest BCUT2D eigenvalue weighted by Crippen LogP contribution is -2.37. The van der Waals surface area contributed by atoms with E-state index < -0.39 is 0 Å². The summed E-state index contributed by atoms with van der Waals surface area (Å²) in [5.41, 5.74) is 1.23. The molecule has 1 rings (SSSR count). The zero-order chi connectivity index (χ0) is 11.1. The van der Waals surface area contributed by atoms with E-state index in [1.54, 1.807) is 0 Å². The molecule has 1 heterocycles. The average Bonchev–Trinajstić information content (AvgIpc) is 2.20. The van der Waals surface area contributed by atoms with E-state index in [1.807, 2.05) is 0 Å². The zero-order valence-corrected chi connectivity index (χ0v) is 9.74. The Morgan fingerprint density at radius 1 is 1.47 bits per heavy atom.